The van der Waals surface area contributed by atoms with Gasteiger partial charge in [0.1, 0.15) is 6.07 Å². The minimum absolute atomic E-state index is 0.0148. The van der Waals surface area contributed by atoms with E-state index in [4.69, 9.17) is 38.4 Å². The number of oxime groups is 1. The quantitative estimate of drug-likeness (QED) is 0.684. The SMILES string of the molecule is Cc1cc(C2=NOC(c3cc(Cl)c(C#N)c(Cl)c3)(C(F)(F)F)C2)ccc1C(=O)O. The first-order valence-corrected chi connectivity index (χ1v) is 8.81. The fourth-order valence-electron chi connectivity index (χ4n) is 3.05. The Hall–Kier alpha value is -2.76. The maximum Gasteiger partial charge on any atom is 0.435 e. The van der Waals surface area contributed by atoms with Crippen LogP contribution in [0.2, 0.25) is 10.0 Å². The number of nitriles is 1. The van der Waals surface area contributed by atoms with E-state index in [1.165, 1.54) is 25.1 Å². The molecule has 1 N–H and O–H groups in total. The molecule has 150 valence electrons. The van der Waals surface area contributed by atoms with Gasteiger partial charge in [0.05, 0.1) is 26.9 Å². The molecule has 1 heterocycles. The summed E-state index contributed by atoms with van der Waals surface area (Å²) >= 11 is 11.8. The van der Waals surface area contributed by atoms with Gasteiger partial charge in [0, 0.05) is 12.0 Å². The third-order valence-corrected chi connectivity index (χ3v) is 5.19. The Morgan fingerprint density at radius 3 is 2.38 bits per heavy atom. The highest BCUT2D eigenvalue weighted by Crippen LogP contribution is 2.50. The second-order valence-electron chi connectivity index (χ2n) is 6.39. The van der Waals surface area contributed by atoms with Gasteiger partial charge in [0.25, 0.3) is 5.60 Å². The summed E-state index contributed by atoms with van der Waals surface area (Å²) < 4.78 is 42.2. The van der Waals surface area contributed by atoms with Crippen LogP contribution in [0.25, 0.3) is 0 Å². The highest BCUT2D eigenvalue weighted by molar-refractivity contribution is 6.36. The summed E-state index contributed by atoms with van der Waals surface area (Å²) in [7, 11) is 0. The second kappa shape index (κ2) is 7.25. The molecule has 2 aromatic carbocycles. The highest BCUT2D eigenvalue weighted by Gasteiger charge is 2.62. The summed E-state index contributed by atoms with van der Waals surface area (Å²) in [6.07, 6.45) is -5.56. The number of carboxylic acid groups (broad SMARTS) is 1. The summed E-state index contributed by atoms with van der Waals surface area (Å²) in [5.74, 6) is -1.15. The number of aryl methyl sites for hydroxylation is 1. The third-order valence-electron chi connectivity index (χ3n) is 4.60. The third kappa shape index (κ3) is 3.52. The van der Waals surface area contributed by atoms with Crippen molar-refractivity contribution in [2.75, 3.05) is 0 Å². The molecule has 1 atom stereocenters. The van der Waals surface area contributed by atoms with Gasteiger partial charge in [0.2, 0.25) is 0 Å². The zero-order valence-corrected chi connectivity index (χ0v) is 16.2. The van der Waals surface area contributed by atoms with E-state index in [1.807, 2.05) is 0 Å². The van der Waals surface area contributed by atoms with Crippen molar-refractivity contribution >= 4 is 34.9 Å². The summed E-state index contributed by atoms with van der Waals surface area (Å²) in [4.78, 5) is 16.0. The minimum Gasteiger partial charge on any atom is -0.478 e. The summed E-state index contributed by atoms with van der Waals surface area (Å²) in [6, 6.07) is 7.77. The van der Waals surface area contributed by atoms with Crippen LogP contribution in [-0.4, -0.2) is 23.0 Å². The predicted molar refractivity (Wildman–Crippen MR) is 99.3 cm³/mol. The number of halogens is 5. The Bertz CT molecular complexity index is 1070. The number of alkyl halides is 3. The predicted octanol–water partition coefficient (Wildman–Crippen LogP) is 5.45. The summed E-state index contributed by atoms with van der Waals surface area (Å²) in [6.45, 7) is 1.53. The second-order valence-corrected chi connectivity index (χ2v) is 7.21. The molecule has 0 spiro atoms. The molecule has 0 saturated carbocycles. The molecular weight excluding hydrogens is 432 g/mol. The topological polar surface area (TPSA) is 82.7 Å². The van der Waals surface area contributed by atoms with E-state index in [9.17, 15) is 18.0 Å². The van der Waals surface area contributed by atoms with E-state index in [2.05, 4.69) is 5.16 Å². The van der Waals surface area contributed by atoms with Crippen LogP contribution in [-0.2, 0) is 10.4 Å². The molecule has 1 aliphatic heterocycles. The Labute approximate surface area is 172 Å². The van der Waals surface area contributed by atoms with E-state index in [0.717, 1.165) is 12.1 Å². The Morgan fingerprint density at radius 2 is 1.90 bits per heavy atom. The lowest BCUT2D eigenvalue weighted by atomic mass is 9.85. The van der Waals surface area contributed by atoms with E-state index in [0.29, 0.717) is 11.1 Å². The molecule has 0 fully saturated rings. The van der Waals surface area contributed by atoms with Crippen molar-refractivity contribution < 1.29 is 27.9 Å². The Balaban J connectivity index is 2.06. The fourth-order valence-corrected chi connectivity index (χ4v) is 3.63. The van der Waals surface area contributed by atoms with Crippen LogP contribution < -0.4 is 0 Å². The Morgan fingerprint density at radius 1 is 1.28 bits per heavy atom. The lowest BCUT2D eigenvalue weighted by Gasteiger charge is -2.30. The van der Waals surface area contributed by atoms with Gasteiger partial charge in [-0.1, -0.05) is 34.4 Å². The first-order chi connectivity index (χ1) is 13.5. The van der Waals surface area contributed by atoms with E-state index in [-0.39, 0.29) is 26.9 Å². The summed E-state index contributed by atoms with van der Waals surface area (Å²) in [5, 5.41) is 21.3. The first kappa shape index (κ1) is 21.0. The van der Waals surface area contributed by atoms with Crippen molar-refractivity contribution in [3.05, 3.63) is 68.2 Å². The molecule has 0 aromatic heterocycles. The van der Waals surface area contributed by atoms with Crippen LogP contribution in [0.15, 0.2) is 35.5 Å². The largest absolute Gasteiger partial charge is 0.478 e. The number of nitrogens with zero attached hydrogens (tertiary/aromatic N) is 2. The zero-order valence-electron chi connectivity index (χ0n) is 14.6. The number of carbonyl (C=O) groups is 1. The number of hydrogen-bond acceptors (Lipinski definition) is 4. The molecule has 1 unspecified atom stereocenters. The highest BCUT2D eigenvalue weighted by atomic mass is 35.5. The van der Waals surface area contributed by atoms with Crippen LogP contribution in [0.1, 0.15) is 39.0 Å². The maximum atomic E-state index is 14.1. The number of benzene rings is 2. The number of rotatable bonds is 3. The van der Waals surface area contributed by atoms with Gasteiger partial charge in [-0.25, -0.2) is 4.79 Å². The van der Waals surface area contributed by atoms with Crippen LogP contribution >= 0.6 is 23.2 Å². The molecule has 29 heavy (non-hydrogen) atoms. The van der Waals surface area contributed by atoms with Crippen molar-refractivity contribution in [1.29, 1.82) is 5.26 Å². The van der Waals surface area contributed by atoms with E-state index in [1.54, 1.807) is 6.07 Å². The van der Waals surface area contributed by atoms with Crippen LogP contribution in [0.5, 0.6) is 0 Å². The number of carboxylic acids is 1. The van der Waals surface area contributed by atoms with Crippen molar-refractivity contribution in [3.8, 4) is 6.07 Å². The molecule has 1 aliphatic rings. The van der Waals surface area contributed by atoms with E-state index < -0.39 is 29.7 Å². The smallest absolute Gasteiger partial charge is 0.435 e. The first-order valence-electron chi connectivity index (χ1n) is 8.06. The van der Waals surface area contributed by atoms with Crippen molar-refractivity contribution in [2.24, 2.45) is 5.16 Å². The average molecular weight is 443 g/mol. The van der Waals surface area contributed by atoms with Gasteiger partial charge >= 0.3 is 12.1 Å². The molecule has 0 bridgehead atoms. The molecule has 10 heteroatoms. The maximum absolute atomic E-state index is 14.1. The van der Waals surface area contributed by atoms with E-state index >= 15 is 0 Å². The van der Waals surface area contributed by atoms with Gasteiger partial charge in [0.15, 0.2) is 0 Å². The lowest BCUT2D eigenvalue weighted by molar-refractivity contribution is -0.275. The van der Waals surface area contributed by atoms with Gasteiger partial charge in [-0.2, -0.15) is 18.4 Å². The molecule has 0 amide bonds. The van der Waals surface area contributed by atoms with Crippen molar-refractivity contribution in [2.45, 2.75) is 25.1 Å². The van der Waals surface area contributed by atoms with Gasteiger partial charge in [-0.3, -0.25) is 0 Å². The summed E-state index contributed by atoms with van der Waals surface area (Å²) in [5.41, 5.74) is -2.70. The van der Waals surface area contributed by atoms with Gasteiger partial charge in [-0.05, 0) is 42.3 Å². The molecule has 0 saturated heterocycles. The Kier molecular flexibility index (Phi) is 5.24. The molecule has 0 radical (unpaired) electrons. The monoisotopic (exact) mass is 442 g/mol. The normalized spacial score (nSPS) is 18.7. The average Bonchev–Trinajstić information content (AvgIpc) is 3.07. The lowest BCUT2D eigenvalue weighted by Crippen LogP contribution is -2.42. The minimum atomic E-state index is -4.88. The van der Waals surface area contributed by atoms with Crippen LogP contribution in [0.4, 0.5) is 13.2 Å². The number of aromatic carboxylic acids is 1. The molecule has 3 rings (SSSR count). The molecule has 5 nitrogen and oxygen atoms in total. The van der Waals surface area contributed by atoms with Crippen molar-refractivity contribution in [3.63, 3.8) is 0 Å². The molecule has 0 aliphatic carbocycles. The zero-order chi connectivity index (χ0) is 21.6. The van der Waals surface area contributed by atoms with Crippen LogP contribution in [0.3, 0.4) is 0 Å². The molecule has 2 aromatic rings. The van der Waals surface area contributed by atoms with Crippen molar-refractivity contribution in [1.82, 2.24) is 0 Å². The van der Waals surface area contributed by atoms with Gasteiger partial charge in [-0.15, -0.1) is 0 Å². The molecular formula is C19H11Cl2F3N2O3. The fraction of sp³-hybridized carbons (Fsp3) is 0.211. The van der Waals surface area contributed by atoms with Crippen LogP contribution in [0, 0.1) is 18.3 Å². The number of hydrogen-bond donors (Lipinski definition) is 1. The standard InChI is InChI=1S/C19H11Cl2F3N2O3/c1-9-4-10(2-3-12(9)17(27)28)16-7-18(29-26-16,19(22,23)24)11-5-14(20)13(8-25)15(21)6-11/h2-6H,7H2,1H3,(H,27,28). The van der Waals surface area contributed by atoms with Gasteiger partial charge < -0.3 is 9.94 Å².